The van der Waals surface area contributed by atoms with Gasteiger partial charge in [0.05, 0.1) is 0 Å². The first-order chi connectivity index (χ1) is 7.74. The summed E-state index contributed by atoms with van der Waals surface area (Å²) in [4.78, 5) is 18.1. The largest absolute Gasteiger partial charge is 0.478 e. The SMILES string of the molecule is CNc1nccc(-c2cc[nH]c2)c1C(=O)O. The number of carboxylic acids is 1. The van der Waals surface area contributed by atoms with Crippen LogP contribution in [0.25, 0.3) is 11.1 Å². The van der Waals surface area contributed by atoms with E-state index >= 15 is 0 Å². The lowest BCUT2D eigenvalue weighted by Crippen LogP contribution is -2.06. The van der Waals surface area contributed by atoms with Gasteiger partial charge in [-0.2, -0.15) is 0 Å². The van der Waals surface area contributed by atoms with E-state index in [9.17, 15) is 9.90 Å². The van der Waals surface area contributed by atoms with E-state index in [0.717, 1.165) is 5.56 Å². The van der Waals surface area contributed by atoms with Crippen molar-refractivity contribution in [3.8, 4) is 11.1 Å². The zero-order valence-electron chi connectivity index (χ0n) is 8.69. The van der Waals surface area contributed by atoms with E-state index in [1.54, 1.807) is 31.7 Å². The smallest absolute Gasteiger partial charge is 0.340 e. The molecule has 0 unspecified atom stereocenters. The van der Waals surface area contributed by atoms with Crippen molar-refractivity contribution in [3.05, 3.63) is 36.3 Å². The third kappa shape index (κ3) is 1.63. The first-order valence-electron chi connectivity index (χ1n) is 4.77. The number of nitrogens with one attached hydrogen (secondary N) is 2. The topological polar surface area (TPSA) is 78.0 Å². The Kier molecular flexibility index (Phi) is 2.59. The zero-order valence-corrected chi connectivity index (χ0v) is 8.69. The number of rotatable bonds is 3. The van der Waals surface area contributed by atoms with Gasteiger partial charge in [-0.1, -0.05) is 0 Å². The Morgan fingerprint density at radius 3 is 2.88 bits per heavy atom. The predicted molar refractivity (Wildman–Crippen MR) is 60.5 cm³/mol. The summed E-state index contributed by atoms with van der Waals surface area (Å²) < 4.78 is 0. The first kappa shape index (κ1) is 10.2. The minimum atomic E-state index is -0.992. The van der Waals surface area contributed by atoms with Crippen molar-refractivity contribution >= 4 is 11.8 Å². The second kappa shape index (κ2) is 4.06. The van der Waals surface area contributed by atoms with Crippen LogP contribution in [0.1, 0.15) is 10.4 Å². The summed E-state index contributed by atoms with van der Waals surface area (Å²) in [7, 11) is 1.65. The maximum atomic E-state index is 11.2. The molecule has 2 rings (SSSR count). The fourth-order valence-corrected chi connectivity index (χ4v) is 1.60. The second-order valence-electron chi connectivity index (χ2n) is 3.24. The Balaban J connectivity index is 2.65. The summed E-state index contributed by atoms with van der Waals surface area (Å²) in [5.74, 6) is -0.625. The lowest BCUT2D eigenvalue weighted by Gasteiger charge is -2.08. The molecule has 2 heterocycles. The molecule has 5 nitrogen and oxygen atoms in total. The number of pyridine rings is 1. The van der Waals surface area contributed by atoms with Crippen molar-refractivity contribution in [3.63, 3.8) is 0 Å². The summed E-state index contributed by atoms with van der Waals surface area (Å²) in [6.07, 6.45) is 5.09. The third-order valence-electron chi connectivity index (χ3n) is 2.31. The average molecular weight is 217 g/mol. The molecule has 0 bridgehead atoms. The molecule has 0 aliphatic heterocycles. The number of hydrogen-bond donors (Lipinski definition) is 3. The number of aromatic nitrogens is 2. The molecule has 0 radical (unpaired) electrons. The van der Waals surface area contributed by atoms with Crippen LogP contribution in [0.2, 0.25) is 0 Å². The van der Waals surface area contributed by atoms with Crippen molar-refractivity contribution < 1.29 is 9.90 Å². The van der Waals surface area contributed by atoms with E-state index < -0.39 is 5.97 Å². The molecule has 16 heavy (non-hydrogen) atoms. The fraction of sp³-hybridized carbons (Fsp3) is 0.0909. The van der Waals surface area contributed by atoms with Gasteiger partial charge in [-0.05, 0) is 12.1 Å². The normalized spacial score (nSPS) is 10.1. The van der Waals surface area contributed by atoms with Crippen LogP contribution in [0.3, 0.4) is 0 Å². The molecule has 5 heteroatoms. The summed E-state index contributed by atoms with van der Waals surface area (Å²) in [6.45, 7) is 0. The number of anilines is 1. The van der Waals surface area contributed by atoms with Crippen LogP contribution < -0.4 is 5.32 Å². The molecule has 2 aromatic heterocycles. The van der Waals surface area contributed by atoms with Gasteiger partial charge in [-0.3, -0.25) is 0 Å². The van der Waals surface area contributed by atoms with Gasteiger partial charge in [0.2, 0.25) is 0 Å². The summed E-state index contributed by atoms with van der Waals surface area (Å²) in [6, 6.07) is 3.51. The fourth-order valence-electron chi connectivity index (χ4n) is 1.60. The van der Waals surface area contributed by atoms with Crippen molar-refractivity contribution in [1.82, 2.24) is 9.97 Å². The second-order valence-corrected chi connectivity index (χ2v) is 3.24. The Labute approximate surface area is 92.2 Å². The minimum Gasteiger partial charge on any atom is -0.478 e. The minimum absolute atomic E-state index is 0.185. The summed E-state index contributed by atoms with van der Waals surface area (Å²) in [5, 5.41) is 12.0. The molecule has 0 fully saturated rings. The molecule has 3 N–H and O–H groups in total. The molecular weight excluding hydrogens is 206 g/mol. The molecule has 0 amide bonds. The van der Waals surface area contributed by atoms with E-state index in [4.69, 9.17) is 0 Å². The number of aromatic carboxylic acids is 1. The maximum absolute atomic E-state index is 11.2. The van der Waals surface area contributed by atoms with Gasteiger partial charge in [0.15, 0.2) is 0 Å². The van der Waals surface area contributed by atoms with Crippen molar-refractivity contribution in [1.29, 1.82) is 0 Å². The van der Waals surface area contributed by atoms with Gasteiger partial charge in [0, 0.05) is 36.8 Å². The van der Waals surface area contributed by atoms with Crippen molar-refractivity contribution in [2.24, 2.45) is 0 Å². The van der Waals surface area contributed by atoms with E-state index in [1.807, 2.05) is 6.07 Å². The molecule has 0 saturated carbocycles. The summed E-state index contributed by atoms with van der Waals surface area (Å²) >= 11 is 0. The van der Waals surface area contributed by atoms with Gasteiger partial charge in [0.1, 0.15) is 11.4 Å². The van der Waals surface area contributed by atoms with Gasteiger partial charge in [-0.15, -0.1) is 0 Å². The van der Waals surface area contributed by atoms with E-state index in [0.29, 0.717) is 11.4 Å². The van der Waals surface area contributed by atoms with Crippen molar-refractivity contribution in [2.45, 2.75) is 0 Å². The van der Waals surface area contributed by atoms with Gasteiger partial charge in [0.25, 0.3) is 0 Å². The number of carboxylic acid groups (broad SMARTS) is 1. The van der Waals surface area contributed by atoms with E-state index in [1.165, 1.54) is 0 Å². The Morgan fingerprint density at radius 2 is 2.31 bits per heavy atom. The Morgan fingerprint density at radius 1 is 1.50 bits per heavy atom. The highest BCUT2D eigenvalue weighted by molar-refractivity contribution is 6.00. The highest BCUT2D eigenvalue weighted by atomic mass is 16.4. The molecule has 2 aromatic rings. The molecular formula is C11H11N3O2. The highest BCUT2D eigenvalue weighted by Gasteiger charge is 2.17. The number of H-pyrrole nitrogens is 1. The highest BCUT2D eigenvalue weighted by Crippen LogP contribution is 2.27. The average Bonchev–Trinajstić information content (AvgIpc) is 2.81. The van der Waals surface area contributed by atoms with Crippen LogP contribution in [0, 0.1) is 0 Å². The summed E-state index contributed by atoms with van der Waals surface area (Å²) in [5.41, 5.74) is 1.66. The zero-order chi connectivity index (χ0) is 11.5. The standard InChI is InChI=1S/C11H11N3O2/c1-12-10-9(11(15)16)8(3-5-14-10)7-2-4-13-6-7/h2-6,13H,1H3,(H,12,14)(H,15,16). The monoisotopic (exact) mass is 217 g/mol. The van der Waals surface area contributed by atoms with Gasteiger partial charge in [-0.25, -0.2) is 9.78 Å². The molecule has 82 valence electrons. The molecule has 0 atom stereocenters. The van der Waals surface area contributed by atoms with Gasteiger partial charge >= 0.3 is 5.97 Å². The number of hydrogen-bond acceptors (Lipinski definition) is 3. The van der Waals surface area contributed by atoms with Crippen LogP contribution in [0.15, 0.2) is 30.7 Å². The molecule has 0 spiro atoms. The predicted octanol–water partition coefficient (Wildman–Crippen LogP) is 1.82. The third-order valence-corrected chi connectivity index (χ3v) is 2.31. The van der Waals surface area contributed by atoms with E-state index in [2.05, 4.69) is 15.3 Å². The van der Waals surface area contributed by atoms with Crippen LogP contribution in [-0.2, 0) is 0 Å². The Bertz CT molecular complexity index is 506. The lowest BCUT2D eigenvalue weighted by molar-refractivity contribution is 0.0698. The maximum Gasteiger partial charge on any atom is 0.340 e. The Hall–Kier alpha value is -2.30. The van der Waals surface area contributed by atoms with Crippen molar-refractivity contribution in [2.75, 3.05) is 12.4 Å². The number of carbonyl (C=O) groups is 1. The molecule has 0 aromatic carbocycles. The van der Waals surface area contributed by atoms with Crippen LogP contribution >= 0.6 is 0 Å². The number of nitrogens with zero attached hydrogens (tertiary/aromatic N) is 1. The van der Waals surface area contributed by atoms with Crippen LogP contribution in [0.5, 0.6) is 0 Å². The quantitative estimate of drug-likeness (QED) is 0.732. The molecule has 0 aliphatic rings. The van der Waals surface area contributed by atoms with Gasteiger partial charge < -0.3 is 15.4 Å². The lowest BCUT2D eigenvalue weighted by atomic mass is 10.0. The molecule has 0 aliphatic carbocycles. The van der Waals surface area contributed by atoms with Crippen LogP contribution in [-0.4, -0.2) is 28.1 Å². The first-order valence-corrected chi connectivity index (χ1v) is 4.77. The van der Waals surface area contributed by atoms with Crippen LogP contribution in [0.4, 0.5) is 5.82 Å². The molecule has 0 saturated heterocycles. The van der Waals surface area contributed by atoms with E-state index in [-0.39, 0.29) is 5.56 Å². The number of aromatic amines is 1.